The first-order valence-corrected chi connectivity index (χ1v) is 8.96. The summed E-state index contributed by atoms with van der Waals surface area (Å²) < 4.78 is 13.1. The highest BCUT2D eigenvalue weighted by Crippen LogP contribution is 2.24. The molecule has 2 aromatic rings. The molecule has 7 nitrogen and oxygen atoms in total. The number of hydrogen-bond acceptors (Lipinski definition) is 6. The van der Waals surface area contributed by atoms with Crippen molar-refractivity contribution in [1.82, 2.24) is 20.4 Å². The molecule has 2 N–H and O–H groups in total. The van der Waals surface area contributed by atoms with Crippen molar-refractivity contribution >= 4 is 5.97 Å². The number of rotatable bonds is 7. The maximum atomic E-state index is 12.2. The summed E-state index contributed by atoms with van der Waals surface area (Å²) in [6.07, 6.45) is 3.59. The number of nitrogens with zero attached hydrogens (tertiary/aromatic N) is 2. The number of hydrazine groups is 1. The van der Waals surface area contributed by atoms with E-state index in [4.69, 9.17) is 9.47 Å². The van der Waals surface area contributed by atoms with Gasteiger partial charge in [-0.3, -0.25) is 10.2 Å². The van der Waals surface area contributed by atoms with Gasteiger partial charge in [-0.15, -0.1) is 0 Å². The molecule has 140 valence electrons. The monoisotopic (exact) mass is 358 g/mol. The van der Waals surface area contributed by atoms with E-state index in [1.165, 1.54) is 5.56 Å². The average molecular weight is 358 g/mol. The maximum absolute atomic E-state index is 12.2. The summed E-state index contributed by atoms with van der Waals surface area (Å²) in [6.45, 7) is 8.16. The van der Waals surface area contributed by atoms with Crippen LogP contribution in [0.3, 0.4) is 0 Å². The number of aromatic nitrogens is 2. The van der Waals surface area contributed by atoms with Crippen molar-refractivity contribution in [2.45, 2.75) is 39.3 Å². The molecule has 0 saturated carbocycles. The van der Waals surface area contributed by atoms with E-state index in [0.29, 0.717) is 26.3 Å². The first kappa shape index (κ1) is 18.4. The second kappa shape index (κ2) is 8.33. The number of aryl methyl sites for hydroxylation is 1. The predicted octanol–water partition coefficient (Wildman–Crippen LogP) is 1.70. The van der Waals surface area contributed by atoms with Crippen molar-refractivity contribution in [1.29, 1.82) is 0 Å². The number of hydrogen-bond donors (Lipinski definition) is 2. The van der Waals surface area contributed by atoms with Gasteiger partial charge in [0, 0.05) is 24.4 Å². The molecule has 1 fully saturated rings. The van der Waals surface area contributed by atoms with Gasteiger partial charge in [-0.1, -0.05) is 12.1 Å². The van der Waals surface area contributed by atoms with E-state index in [1.807, 2.05) is 29.8 Å². The summed E-state index contributed by atoms with van der Waals surface area (Å²) in [5.74, 6) is 0.624. The van der Waals surface area contributed by atoms with Crippen LogP contribution >= 0.6 is 0 Å². The summed E-state index contributed by atoms with van der Waals surface area (Å²) in [5, 5.41) is 0. The van der Waals surface area contributed by atoms with E-state index in [2.05, 4.69) is 35.7 Å². The third-order valence-electron chi connectivity index (χ3n) is 4.79. The van der Waals surface area contributed by atoms with E-state index in [0.717, 1.165) is 17.0 Å². The van der Waals surface area contributed by atoms with Gasteiger partial charge in [-0.25, -0.2) is 10.4 Å². The van der Waals surface area contributed by atoms with E-state index >= 15 is 0 Å². The zero-order valence-electron chi connectivity index (χ0n) is 15.5. The molecule has 2 atom stereocenters. The summed E-state index contributed by atoms with van der Waals surface area (Å²) in [5.41, 5.74) is 9.42. The second-order valence-electron chi connectivity index (χ2n) is 6.42. The zero-order valence-corrected chi connectivity index (χ0v) is 15.5. The summed E-state index contributed by atoms with van der Waals surface area (Å²) in [6, 6.07) is 5.65. The van der Waals surface area contributed by atoms with Crippen molar-refractivity contribution in [2.75, 3.05) is 19.8 Å². The lowest BCUT2D eigenvalue weighted by molar-refractivity contribution is -0.145. The molecule has 0 bridgehead atoms. The number of carbonyl (C=O) groups is 1. The maximum Gasteiger partial charge on any atom is 0.325 e. The van der Waals surface area contributed by atoms with Crippen molar-refractivity contribution in [2.24, 2.45) is 0 Å². The molecule has 1 aromatic carbocycles. The Morgan fingerprint density at radius 1 is 1.38 bits per heavy atom. The molecule has 0 spiro atoms. The standard InChI is InChI=1S/C19H26N4O3/c1-4-25-19(24)18-15(10-21-22-18)16-11-20-12-23(16)8-9-26-17-7-5-6-13(2)14(17)3/h5-7,11-12,15,18,21-22H,4,8-10H2,1-3H3. The molecular formula is C19H26N4O3. The molecule has 2 unspecified atom stereocenters. The minimum absolute atomic E-state index is 0.0303. The van der Waals surface area contributed by atoms with Gasteiger partial charge in [0.1, 0.15) is 18.4 Å². The van der Waals surface area contributed by atoms with Crippen molar-refractivity contribution in [3.8, 4) is 5.75 Å². The highest BCUT2D eigenvalue weighted by molar-refractivity contribution is 5.77. The van der Waals surface area contributed by atoms with Crippen LogP contribution in [0.4, 0.5) is 0 Å². The largest absolute Gasteiger partial charge is 0.491 e. The summed E-state index contributed by atoms with van der Waals surface area (Å²) >= 11 is 0. The van der Waals surface area contributed by atoms with Crippen LogP contribution in [-0.2, 0) is 16.1 Å². The Morgan fingerprint density at radius 3 is 3.04 bits per heavy atom. The van der Waals surface area contributed by atoms with Crippen LogP contribution in [0.2, 0.25) is 0 Å². The molecule has 3 rings (SSSR count). The fraction of sp³-hybridized carbons (Fsp3) is 0.474. The third kappa shape index (κ3) is 3.89. The van der Waals surface area contributed by atoms with Crippen LogP contribution in [0.5, 0.6) is 5.75 Å². The van der Waals surface area contributed by atoms with Crippen LogP contribution in [0.25, 0.3) is 0 Å². The molecule has 1 aromatic heterocycles. The fourth-order valence-electron chi connectivity index (χ4n) is 3.19. The van der Waals surface area contributed by atoms with E-state index in [-0.39, 0.29) is 11.9 Å². The Labute approximate surface area is 153 Å². The van der Waals surface area contributed by atoms with Gasteiger partial charge in [0.15, 0.2) is 0 Å². The van der Waals surface area contributed by atoms with Crippen LogP contribution < -0.4 is 15.6 Å². The minimum atomic E-state index is -0.412. The predicted molar refractivity (Wildman–Crippen MR) is 97.9 cm³/mol. The van der Waals surface area contributed by atoms with Gasteiger partial charge >= 0.3 is 5.97 Å². The van der Waals surface area contributed by atoms with E-state index < -0.39 is 6.04 Å². The smallest absolute Gasteiger partial charge is 0.325 e. The molecule has 0 amide bonds. The fourth-order valence-corrected chi connectivity index (χ4v) is 3.19. The molecule has 0 radical (unpaired) electrons. The molecule has 26 heavy (non-hydrogen) atoms. The molecular weight excluding hydrogens is 332 g/mol. The second-order valence-corrected chi connectivity index (χ2v) is 6.42. The van der Waals surface area contributed by atoms with Crippen LogP contribution in [0.1, 0.15) is 29.7 Å². The SMILES string of the molecule is CCOC(=O)C1NNCC1c1cncn1CCOc1cccc(C)c1C. The van der Waals surface area contributed by atoms with Gasteiger partial charge in [-0.05, 0) is 38.0 Å². The molecule has 1 saturated heterocycles. The zero-order chi connectivity index (χ0) is 18.5. The number of carbonyl (C=O) groups excluding carboxylic acids is 1. The number of imidazole rings is 1. The van der Waals surface area contributed by atoms with E-state index in [9.17, 15) is 4.79 Å². The normalized spacial score (nSPS) is 19.5. The minimum Gasteiger partial charge on any atom is -0.491 e. The molecule has 7 heteroatoms. The lowest BCUT2D eigenvalue weighted by Gasteiger charge is -2.19. The lowest BCUT2D eigenvalue weighted by atomic mass is 9.98. The molecule has 2 heterocycles. The summed E-state index contributed by atoms with van der Waals surface area (Å²) in [4.78, 5) is 16.4. The Kier molecular flexibility index (Phi) is 5.90. The van der Waals surface area contributed by atoms with Gasteiger partial charge in [0.2, 0.25) is 0 Å². The highest BCUT2D eigenvalue weighted by atomic mass is 16.5. The van der Waals surface area contributed by atoms with Crippen LogP contribution in [0.15, 0.2) is 30.7 Å². The van der Waals surface area contributed by atoms with Crippen molar-refractivity contribution in [3.63, 3.8) is 0 Å². The first-order valence-electron chi connectivity index (χ1n) is 8.96. The average Bonchev–Trinajstić information content (AvgIpc) is 3.27. The quantitative estimate of drug-likeness (QED) is 0.734. The lowest BCUT2D eigenvalue weighted by Crippen LogP contribution is -2.39. The van der Waals surface area contributed by atoms with Gasteiger partial charge < -0.3 is 14.0 Å². The number of ether oxygens (including phenoxy) is 2. The van der Waals surface area contributed by atoms with Crippen molar-refractivity contribution in [3.05, 3.63) is 47.5 Å². The van der Waals surface area contributed by atoms with Crippen LogP contribution in [-0.4, -0.2) is 41.3 Å². The first-order chi connectivity index (χ1) is 12.6. The van der Waals surface area contributed by atoms with Gasteiger partial charge in [0.05, 0.1) is 19.5 Å². The number of nitrogens with one attached hydrogen (secondary N) is 2. The summed E-state index contributed by atoms with van der Waals surface area (Å²) in [7, 11) is 0. The van der Waals surface area contributed by atoms with Gasteiger partial charge in [-0.2, -0.15) is 0 Å². The van der Waals surface area contributed by atoms with Crippen LogP contribution in [0, 0.1) is 13.8 Å². The number of benzene rings is 1. The molecule has 0 aliphatic carbocycles. The molecule has 1 aliphatic rings. The Balaban J connectivity index is 1.65. The topological polar surface area (TPSA) is 77.4 Å². The Bertz CT molecular complexity index is 759. The third-order valence-corrected chi connectivity index (χ3v) is 4.79. The number of esters is 1. The highest BCUT2D eigenvalue weighted by Gasteiger charge is 2.36. The van der Waals surface area contributed by atoms with E-state index in [1.54, 1.807) is 6.33 Å². The Hall–Kier alpha value is -2.38. The van der Waals surface area contributed by atoms with Gasteiger partial charge in [0.25, 0.3) is 0 Å². The van der Waals surface area contributed by atoms with Crippen molar-refractivity contribution < 1.29 is 14.3 Å². The Morgan fingerprint density at radius 2 is 2.23 bits per heavy atom. The molecule has 1 aliphatic heterocycles.